The molecule has 0 saturated heterocycles. The van der Waals surface area contributed by atoms with E-state index >= 15 is 0 Å². The van der Waals surface area contributed by atoms with Crippen molar-refractivity contribution in [3.8, 4) is 0 Å². The van der Waals surface area contributed by atoms with E-state index in [9.17, 15) is 9.18 Å². The fraction of sp³-hybridized carbons (Fsp3) is 0.0769. The van der Waals surface area contributed by atoms with Crippen LogP contribution in [0, 0.1) is 5.13 Å². The lowest BCUT2D eigenvalue weighted by Crippen LogP contribution is -2.16. The van der Waals surface area contributed by atoms with Gasteiger partial charge < -0.3 is 0 Å². The molecule has 0 radical (unpaired) electrons. The quantitative estimate of drug-likeness (QED) is 0.533. The molecular formula is C13H11FN2OS2. The third-order valence-electron chi connectivity index (χ3n) is 2.29. The zero-order valence-corrected chi connectivity index (χ0v) is 11.7. The lowest BCUT2D eigenvalue weighted by Gasteiger charge is -1.97. The maximum atomic E-state index is 12.7. The largest absolute Gasteiger partial charge is 0.281 e. The van der Waals surface area contributed by atoms with Crippen molar-refractivity contribution in [2.24, 2.45) is 5.10 Å². The first-order valence-corrected chi connectivity index (χ1v) is 7.46. The molecule has 0 saturated carbocycles. The minimum absolute atomic E-state index is 0.299. The van der Waals surface area contributed by atoms with Gasteiger partial charge in [0.1, 0.15) is 0 Å². The fourth-order valence-electron chi connectivity index (χ4n) is 1.35. The monoisotopic (exact) mass is 294 g/mol. The van der Waals surface area contributed by atoms with Gasteiger partial charge in [0.2, 0.25) is 0 Å². The number of hydrazone groups is 1. The predicted molar refractivity (Wildman–Crippen MR) is 77.6 cm³/mol. The fourth-order valence-corrected chi connectivity index (χ4v) is 2.38. The van der Waals surface area contributed by atoms with Crippen LogP contribution in [0.4, 0.5) is 4.39 Å². The van der Waals surface area contributed by atoms with Crippen LogP contribution in [0.5, 0.6) is 0 Å². The van der Waals surface area contributed by atoms with Crippen molar-refractivity contribution in [3.05, 3.63) is 52.0 Å². The molecule has 3 nitrogen and oxygen atoms in total. The molecule has 0 spiro atoms. The minimum Gasteiger partial charge on any atom is -0.266 e. The maximum Gasteiger partial charge on any atom is 0.281 e. The van der Waals surface area contributed by atoms with Crippen LogP contribution in [-0.4, -0.2) is 18.4 Å². The highest BCUT2D eigenvalue weighted by atomic mass is 32.2. The first kappa shape index (κ1) is 13.8. The molecule has 1 aromatic heterocycles. The molecule has 0 fully saturated rings. The number of rotatable bonds is 4. The van der Waals surface area contributed by atoms with E-state index in [0.717, 1.165) is 21.8 Å². The Bertz CT molecular complexity index is 593. The molecule has 1 aromatic carbocycles. The Morgan fingerprint density at radius 3 is 2.63 bits per heavy atom. The van der Waals surface area contributed by atoms with E-state index in [1.807, 2.05) is 30.5 Å². The van der Waals surface area contributed by atoms with Crippen molar-refractivity contribution >= 4 is 35.2 Å². The molecular weight excluding hydrogens is 283 g/mol. The maximum absolute atomic E-state index is 12.7. The van der Waals surface area contributed by atoms with E-state index in [-0.39, 0.29) is 5.13 Å². The van der Waals surface area contributed by atoms with Crippen LogP contribution >= 0.6 is 23.1 Å². The van der Waals surface area contributed by atoms with Gasteiger partial charge >= 0.3 is 0 Å². The summed E-state index contributed by atoms with van der Waals surface area (Å²) in [5, 5.41) is 3.45. The highest BCUT2D eigenvalue weighted by Gasteiger charge is 2.07. The van der Waals surface area contributed by atoms with Crippen LogP contribution in [0.15, 0.2) is 46.4 Å². The number of carbonyl (C=O) groups excluding carboxylic acids is 1. The molecule has 0 atom stereocenters. The van der Waals surface area contributed by atoms with E-state index in [1.165, 1.54) is 12.1 Å². The Kier molecular flexibility index (Phi) is 4.70. The van der Waals surface area contributed by atoms with E-state index in [1.54, 1.807) is 18.0 Å². The Morgan fingerprint density at radius 1 is 1.32 bits per heavy atom. The second-order valence-electron chi connectivity index (χ2n) is 3.58. The van der Waals surface area contributed by atoms with Crippen LogP contribution in [0.25, 0.3) is 0 Å². The number of amides is 1. The topological polar surface area (TPSA) is 41.5 Å². The summed E-state index contributed by atoms with van der Waals surface area (Å²) in [6.07, 6.45) is 3.55. The summed E-state index contributed by atoms with van der Waals surface area (Å²) in [5.74, 6) is -0.411. The number of thiophene rings is 1. The third-order valence-corrected chi connectivity index (χ3v) is 3.91. The average molecular weight is 294 g/mol. The van der Waals surface area contributed by atoms with Crippen molar-refractivity contribution in [3.63, 3.8) is 0 Å². The summed E-state index contributed by atoms with van der Waals surface area (Å²) in [6, 6.07) is 10.5. The SMILES string of the molecule is CSc1ccc(/C=N/NC(=O)c2ccc(F)s2)cc1. The lowest BCUT2D eigenvalue weighted by molar-refractivity contribution is 0.0959. The van der Waals surface area contributed by atoms with Crippen LogP contribution in [0.2, 0.25) is 0 Å². The highest BCUT2D eigenvalue weighted by molar-refractivity contribution is 7.98. The second kappa shape index (κ2) is 6.49. The molecule has 0 aliphatic rings. The van der Waals surface area contributed by atoms with Gasteiger partial charge in [-0.25, -0.2) is 5.43 Å². The number of halogens is 1. The van der Waals surface area contributed by atoms with E-state index < -0.39 is 5.91 Å². The van der Waals surface area contributed by atoms with Gasteiger partial charge in [-0.1, -0.05) is 12.1 Å². The summed E-state index contributed by atoms with van der Waals surface area (Å²) in [7, 11) is 0. The molecule has 0 unspecified atom stereocenters. The number of hydrogen-bond acceptors (Lipinski definition) is 4. The summed E-state index contributed by atoms with van der Waals surface area (Å²) >= 11 is 2.45. The summed E-state index contributed by atoms with van der Waals surface area (Å²) < 4.78 is 12.7. The van der Waals surface area contributed by atoms with Crippen molar-refractivity contribution < 1.29 is 9.18 Å². The highest BCUT2D eigenvalue weighted by Crippen LogP contribution is 2.14. The van der Waals surface area contributed by atoms with Gasteiger partial charge in [0.25, 0.3) is 5.91 Å². The number of nitrogens with one attached hydrogen (secondary N) is 1. The molecule has 1 N–H and O–H groups in total. The molecule has 0 aliphatic heterocycles. The predicted octanol–water partition coefficient (Wildman–Crippen LogP) is 3.37. The lowest BCUT2D eigenvalue weighted by atomic mass is 10.2. The molecule has 0 bridgehead atoms. The molecule has 19 heavy (non-hydrogen) atoms. The Balaban J connectivity index is 1.94. The van der Waals surface area contributed by atoms with E-state index in [4.69, 9.17) is 0 Å². The van der Waals surface area contributed by atoms with E-state index in [0.29, 0.717) is 4.88 Å². The normalized spacial score (nSPS) is 10.8. The molecule has 2 aromatic rings. The first-order valence-electron chi connectivity index (χ1n) is 5.42. The molecule has 6 heteroatoms. The smallest absolute Gasteiger partial charge is 0.266 e. The van der Waals surface area contributed by atoms with Crippen molar-refractivity contribution in [2.75, 3.05) is 6.26 Å². The summed E-state index contributed by atoms with van der Waals surface area (Å²) in [4.78, 5) is 13.0. The second-order valence-corrected chi connectivity index (χ2v) is 5.49. The Morgan fingerprint density at radius 2 is 2.05 bits per heavy atom. The van der Waals surface area contributed by atoms with Gasteiger partial charge in [-0.3, -0.25) is 4.79 Å². The van der Waals surface area contributed by atoms with Gasteiger partial charge in [-0.05, 0) is 36.1 Å². The van der Waals surface area contributed by atoms with Crippen molar-refractivity contribution in [1.29, 1.82) is 0 Å². The van der Waals surface area contributed by atoms with Gasteiger partial charge in [-0.15, -0.1) is 23.1 Å². The minimum atomic E-state index is -0.411. The molecule has 0 aliphatic carbocycles. The first-order chi connectivity index (χ1) is 9.19. The number of benzene rings is 1. The van der Waals surface area contributed by atoms with Gasteiger partial charge in [-0.2, -0.15) is 9.49 Å². The average Bonchev–Trinajstić information content (AvgIpc) is 2.86. The van der Waals surface area contributed by atoms with E-state index in [2.05, 4.69) is 10.5 Å². The van der Waals surface area contributed by atoms with Gasteiger partial charge in [0, 0.05) is 4.90 Å². The zero-order chi connectivity index (χ0) is 13.7. The van der Waals surface area contributed by atoms with Crippen LogP contribution < -0.4 is 5.43 Å². The summed E-state index contributed by atoms with van der Waals surface area (Å²) in [6.45, 7) is 0. The van der Waals surface area contributed by atoms with Crippen molar-refractivity contribution in [1.82, 2.24) is 5.43 Å². The standard InChI is InChI=1S/C13H11FN2OS2/c1-18-10-4-2-9(3-5-10)8-15-16-13(17)11-6-7-12(14)19-11/h2-8H,1H3,(H,16,17)/b15-8+. The Labute approximate surface area is 118 Å². The number of nitrogens with zero attached hydrogens (tertiary/aromatic N) is 1. The summed E-state index contributed by atoms with van der Waals surface area (Å²) in [5.41, 5.74) is 3.24. The molecule has 98 valence electrons. The van der Waals surface area contributed by atoms with Crippen LogP contribution in [0.3, 0.4) is 0 Å². The van der Waals surface area contributed by atoms with Crippen LogP contribution in [0.1, 0.15) is 15.2 Å². The van der Waals surface area contributed by atoms with Gasteiger partial charge in [0.05, 0.1) is 11.1 Å². The zero-order valence-electron chi connectivity index (χ0n) is 10.1. The number of carbonyl (C=O) groups is 1. The van der Waals surface area contributed by atoms with Gasteiger partial charge in [0.15, 0.2) is 5.13 Å². The number of hydrogen-bond donors (Lipinski definition) is 1. The third kappa shape index (κ3) is 3.90. The molecule has 1 heterocycles. The molecule has 2 rings (SSSR count). The van der Waals surface area contributed by atoms with Crippen LogP contribution in [-0.2, 0) is 0 Å². The molecule has 1 amide bonds. The van der Waals surface area contributed by atoms with Crippen molar-refractivity contribution in [2.45, 2.75) is 4.90 Å². The Hall–Kier alpha value is -1.66. The number of thioether (sulfide) groups is 1.